The van der Waals surface area contributed by atoms with E-state index >= 15 is 0 Å². The zero-order chi connectivity index (χ0) is 12.8. The van der Waals surface area contributed by atoms with E-state index in [-0.39, 0.29) is 10.9 Å². The maximum atomic E-state index is 11.7. The van der Waals surface area contributed by atoms with Crippen LogP contribution in [0.4, 0.5) is 13.2 Å². The molecule has 0 aliphatic rings. The van der Waals surface area contributed by atoms with Crippen LogP contribution in [0.5, 0.6) is 0 Å². The minimum Gasteiger partial charge on any atom is -0.362 e. The van der Waals surface area contributed by atoms with Crippen molar-refractivity contribution in [2.75, 3.05) is 13.2 Å². The predicted octanol–water partition coefficient (Wildman–Crippen LogP) is 2.24. The quantitative estimate of drug-likeness (QED) is 0.764. The van der Waals surface area contributed by atoms with Gasteiger partial charge in [0.1, 0.15) is 13.2 Å². The average Bonchev–Trinajstić information content (AvgIpc) is 1.98. The Kier molecular flexibility index (Phi) is 6.98. The van der Waals surface area contributed by atoms with E-state index in [9.17, 15) is 18.0 Å². The molecule has 96 valence electrons. The highest BCUT2D eigenvalue weighted by Gasteiger charge is 2.27. The maximum Gasteiger partial charge on any atom is 0.411 e. The van der Waals surface area contributed by atoms with E-state index in [2.05, 4.69) is 26.0 Å². The topological polar surface area (TPSA) is 38.3 Å². The number of hydrogen-bond acceptors (Lipinski definition) is 2. The average molecular weight is 306 g/mol. The summed E-state index contributed by atoms with van der Waals surface area (Å²) in [6, 6.07) is -0.101. The Morgan fingerprint density at radius 3 is 2.44 bits per heavy atom. The fourth-order valence-electron chi connectivity index (χ4n) is 1.12. The van der Waals surface area contributed by atoms with Crippen LogP contribution >= 0.6 is 15.9 Å². The summed E-state index contributed by atoms with van der Waals surface area (Å²) in [7, 11) is 0. The summed E-state index contributed by atoms with van der Waals surface area (Å²) in [5.74, 6) is -0.537. The zero-order valence-electron chi connectivity index (χ0n) is 9.10. The van der Waals surface area contributed by atoms with Gasteiger partial charge in [0.15, 0.2) is 0 Å². The summed E-state index contributed by atoms with van der Waals surface area (Å²) < 4.78 is 39.3. The van der Waals surface area contributed by atoms with Crippen LogP contribution in [0.3, 0.4) is 0 Å². The molecule has 0 radical (unpaired) electrons. The van der Waals surface area contributed by atoms with E-state index < -0.39 is 25.3 Å². The molecule has 0 aliphatic carbocycles. The molecule has 7 heteroatoms. The predicted molar refractivity (Wildman–Crippen MR) is 57.5 cm³/mol. The highest BCUT2D eigenvalue weighted by atomic mass is 79.9. The first kappa shape index (κ1) is 15.7. The molecule has 0 saturated heterocycles. The lowest BCUT2D eigenvalue weighted by atomic mass is 10.2. The van der Waals surface area contributed by atoms with Crippen LogP contribution in [0.2, 0.25) is 0 Å². The van der Waals surface area contributed by atoms with Gasteiger partial charge in [0, 0.05) is 10.9 Å². The number of alkyl halides is 4. The van der Waals surface area contributed by atoms with Gasteiger partial charge in [-0.3, -0.25) is 4.79 Å². The highest BCUT2D eigenvalue weighted by Crippen LogP contribution is 2.14. The summed E-state index contributed by atoms with van der Waals surface area (Å²) in [6.07, 6.45) is -3.69. The Balaban J connectivity index is 3.66. The van der Waals surface area contributed by atoms with Gasteiger partial charge in [-0.15, -0.1) is 0 Å². The Labute approximate surface area is 101 Å². The normalized spacial score (nSPS) is 15.6. The van der Waals surface area contributed by atoms with Crippen LogP contribution in [0, 0.1) is 0 Å². The maximum absolute atomic E-state index is 11.7. The molecule has 3 nitrogen and oxygen atoms in total. The van der Waals surface area contributed by atoms with Crippen molar-refractivity contribution < 1.29 is 22.7 Å². The van der Waals surface area contributed by atoms with Gasteiger partial charge < -0.3 is 10.1 Å². The second-order valence-corrected chi connectivity index (χ2v) is 5.16. The van der Waals surface area contributed by atoms with Crippen molar-refractivity contribution in [1.82, 2.24) is 5.32 Å². The van der Waals surface area contributed by atoms with Crippen LogP contribution in [0.15, 0.2) is 0 Å². The second-order valence-electron chi connectivity index (χ2n) is 3.59. The van der Waals surface area contributed by atoms with E-state index in [0.29, 0.717) is 6.42 Å². The Morgan fingerprint density at radius 2 is 2.00 bits per heavy atom. The Hall–Kier alpha value is -0.300. The summed E-state index contributed by atoms with van der Waals surface area (Å²) in [5.41, 5.74) is 0. The van der Waals surface area contributed by atoms with Gasteiger partial charge in [-0.1, -0.05) is 22.9 Å². The van der Waals surface area contributed by atoms with Crippen LogP contribution in [0.25, 0.3) is 0 Å². The van der Waals surface area contributed by atoms with Gasteiger partial charge >= 0.3 is 6.18 Å². The number of rotatable bonds is 6. The second kappa shape index (κ2) is 7.11. The van der Waals surface area contributed by atoms with Crippen LogP contribution in [-0.2, 0) is 9.53 Å². The first-order valence-electron chi connectivity index (χ1n) is 4.78. The SMILES string of the molecule is CC(Br)CC(C)NC(=O)COCC(F)(F)F. The molecule has 0 aromatic heterocycles. The van der Waals surface area contributed by atoms with Crippen molar-refractivity contribution in [2.24, 2.45) is 0 Å². The van der Waals surface area contributed by atoms with E-state index in [1.54, 1.807) is 6.92 Å². The van der Waals surface area contributed by atoms with Gasteiger partial charge in [0.25, 0.3) is 0 Å². The fourth-order valence-corrected chi connectivity index (χ4v) is 1.68. The minimum atomic E-state index is -4.39. The molecule has 2 atom stereocenters. The number of carbonyl (C=O) groups is 1. The molecule has 0 aliphatic heterocycles. The molecule has 1 amide bonds. The molecular weight excluding hydrogens is 291 g/mol. The number of hydrogen-bond donors (Lipinski definition) is 1. The monoisotopic (exact) mass is 305 g/mol. The van der Waals surface area contributed by atoms with Gasteiger partial charge in [-0.05, 0) is 13.3 Å². The summed E-state index contributed by atoms with van der Waals surface area (Å²) in [5, 5.41) is 2.54. The zero-order valence-corrected chi connectivity index (χ0v) is 10.7. The molecule has 0 aromatic rings. The van der Waals surface area contributed by atoms with Crippen molar-refractivity contribution in [3.8, 4) is 0 Å². The molecule has 0 spiro atoms. The molecule has 0 aromatic carbocycles. The van der Waals surface area contributed by atoms with Crippen molar-refractivity contribution in [2.45, 2.75) is 37.3 Å². The third-order valence-electron chi connectivity index (χ3n) is 1.58. The first-order valence-corrected chi connectivity index (χ1v) is 5.70. The van der Waals surface area contributed by atoms with Crippen molar-refractivity contribution in [1.29, 1.82) is 0 Å². The smallest absolute Gasteiger partial charge is 0.362 e. The fraction of sp³-hybridized carbons (Fsp3) is 0.889. The molecule has 16 heavy (non-hydrogen) atoms. The lowest BCUT2D eigenvalue weighted by molar-refractivity contribution is -0.175. The number of ether oxygens (including phenoxy) is 1. The van der Waals surface area contributed by atoms with Crippen LogP contribution < -0.4 is 5.32 Å². The van der Waals surface area contributed by atoms with Crippen LogP contribution in [0.1, 0.15) is 20.3 Å². The molecule has 2 unspecified atom stereocenters. The third-order valence-corrected chi connectivity index (χ3v) is 1.96. The molecular formula is C9H15BrF3NO2. The van der Waals surface area contributed by atoms with Crippen molar-refractivity contribution in [3.05, 3.63) is 0 Å². The van der Waals surface area contributed by atoms with Gasteiger partial charge in [-0.25, -0.2) is 0 Å². The molecule has 0 saturated carbocycles. The molecule has 0 heterocycles. The van der Waals surface area contributed by atoms with Gasteiger partial charge in [0.05, 0.1) is 0 Å². The van der Waals surface area contributed by atoms with E-state index in [4.69, 9.17) is 0 Å². The number of amides is 1. The van der Waals surface area contributed by atoms with Crippen LogP contribution in [-0.4, -0.2) is 36.2 Å². The Bertz CT molecular complexity index is 221. The van der Waals surface area contributed by atoms with Gasteiger partial charge in [-0.2, -0.15) is 13.2 Å². The molecule has 0 fully saturated rings. The minimum absolute atomic E-state index is 0.101. The number of halogens is 4. The highest BCUT2D eigenvalue weighted by molar-refractivity contribution is 9.09. The summed E-state index contributed by atoms with van der Waals surface area (Å²) in [4.78, 5) is 11.3. The van der Waals surface area contributed by atoms with Gasteiger partial charge in [0.2, 0.25) is 5.91 Å². The summed E-state index contributed by atoms with van der Waals surface area (Å²) >= 11 is 3.31. The third kappa shape index (κ3) is 10.2. The van der Waals surface area contributed by atoms with E-state index in [1.165, 1.54) is 0 Å². The Morgan fingerprint density at radius 1 is 1.44 bits per heavy atom. The first-order chi connectivity index (χ1) is 7.20. The lowest BCUT2D eigenvalue weighted by Gasteiger charge is -2.15. The van der Waals surface area contributed by atoms with Crippen molar-refractivity contribution in [3.63, 3.8) is 0 Å². The molecule has 1 N–H and O–H groups in total. The molecule has 0 bridgehead atoms. The molecule has 0 rings (SSSR count). The largest absolute Gasteiger partial charge is 0.411 e. The van der Waals surface area contributed by atoms with Crippen molar-refractivity contribution >= 4 is 21.8 Å². The number of nitrogens with one attached hydrogen (secondary N) is 1. The van der Waals surface area contributed by atoms with E-state index in [1.807, 2.05) is 6.92 Å². The number of carbonyl (C=O) groups excluding carboxylic acids is 1. The lowest BCUT2D eigenvalue weighted by Crippen LogP contribution is -2.37. The standard InChI is InChI=1S/C9H15BrF3NO2/c1-6(10)3-7(2)14-8(15)4-16-5-9(11,12)13/h6-7H,3-5H2,1-2H3,(H,14,15). The van der Waals surface area contributed by atoms with E-state index in [0.717, 1.165) is 0 Å². The summed E-state index contributed by atoms with van der Waals surface area (Å²) in [6.45, 7) is 1.73.